The highest BCUT2D eigenvalue weighted by molar-refractivity contribution is 6.27. The molecule has 0 aliphatic carbocycles. The van der Waals surface area contributed by atoms with Crippen LogP contribution in [0.3, 0.4) is 0 Å². The van der Waals surface area contributed by atoms with Crippen LogP contribution in [0.4, 0.5) is 11.4 Å². The second-order valence-electron chi connectivity index (χ2n) is 6.90. The van der Waals surface area contributed by atoms with Crippen LogP contribution in [0.2, 0.25) is 0 Å². The summed E-state index contributed by atoms with van der Waals surface area (Å²) in [6.07, 6.45) is 6.81. The molecule has 0 aliphatic rings. The van der Waals surface area contributed by atoms with Gasteiger partial charge in [0.1, 0.15) is 0 Å². The molecule has 0 fully saturated rings. The van der Waals surface area contributed by atoms with Gasteiger partial charge in [-0.25, -0.2) is 0 Å². The molecule has 1 amide bonds. The fraction of sp³-hybridized carbons (Fsp3) is 0.208. The average Bonchev–Trinajstić information content (AvgIpc) is 2.76. The van der Waals surface area contributed by atoms with Crippen LogP contribution in [0.25, 0.3) is 16.7 Å². The summed E-state index contributed by atoms with van der Waals surface area (Å²) in [5, 5.41) is 2.97. The molecule has 5 heteroatoms. The van der Waals surface area contributed by atoms with Crippen LogP contribution < -0.4 is 11.1 Å². The summed E-state index contributed by atoms with van der Waals surface area (Å²) in [7, 11) is 0. The maximum Gasteiger partial charge on any atom is 0.256 e. The fourth-order valence-corrected chi connectivity index (χ4v) is 3.11. The zero-order valence-electron chi connectivity index (χ0n) is 17.1. The normalized spacial score (nSPS) is 11.7. The van der Waals surface area contributed by atoms with E-state index in [4.69, 9.17) is 5.73 Å². The van der Waals surface area contributed by atoms with Crippen LogP contribution in [0, 0.1) is 0 Å². The Morgan fingerprint density at radius 1 is 1.07 bits per heavy atom. The second kappa shape index (κ2) is 9.15. The Kier molecular flexibility index (Phi) is 6.39. The van der Waals surface area contributed by atoms with E-state index in [9.17, 15) is 4.79 Å². The number of aryl methyl sites for hydroxylation is 1. The number of nitrogen functional groups attached to an aromatic ring is 1. The summed E-state index contributed by atoms with van der Waals surface area (Å²) in [4.78, 5) is 21.7. The molecule has 3 N–H and O–H groups in total. The number of allylic oxidation sites excluding steroid dienone is 1. The lowest BCUT2D eigenvalue weighted by atomic mass is 9.93. The predicted octanol–water partition coefficient (Wildman–Crippen LogP) is 5.11. The molecule has 0 bridgehead atoms. The van der Waals surface area contributed by atoms with Gasteiger partial charge in [-0.05, 0) is 55.7 Å². The number of anilines is 2. The van der Waals surface area contributed by atoms with Crippen molar-refractivity contribution in [1.82, 2.24) is 9.97 Å². The highest BCUT2D eigenvalue weighted by Crippen LogP contribution is 2.31. The topological polar surface area (TPSA) is 80.9 Å². The van der Waals surface area contributed by atoms with E-state index < -0.39 is 0 Å². The summed E-state index contributed by atoms with van der Waals surface area (Å²) in [5.41, 5.74) is 12.7. The molecule has 1 aromatic carbocycles. The molecular formula is C24H26N4O. The van der Waals surface area contributed by atoms with Gasteiger partial charge in [-0.15, -0.1) is 0 Å². The molecule has 0 aliphatic heterocycles. The molecule has 0 saturated carbocycles. The average molecular weight is 386 g/mol. The van der Waals surface area contributed by atoms with Crippen molar-refractivity contribution >= 4 is 22.9 Å². The van der Waals surface area contributed by atoms with Gasteiger partial charge in [0.05, 0.1) is 11.9 Å². The van der Waals surface area contributed by atoms with Gasteiger partial charge in [-0.2, -0.15) is 0 Å². The Morgan fingerprint density at radius 3 is 2.52 bits per heavy atom. The first-order valence-corrected chi connectivity index (χ1v) is 9.79. The fourth-order valence-electron chi connectivity index (χ4n) is 3.11. The molecule has 2 heterocycles. The maximum atomic E-state index is 13.2. The molecular weight excluding hydrogens is 360 g/mol. The van der Waals surface area contributed by atoms with Gasteiger partial charge in [0.25, 0.3) is 5.91 Å². The first kappa shape index (κ1) is 20.3. The summed E-state index contributed by atoms with van der Waals surface area (Å²) in [5.74, 6) is -0.189. The van der Waals surface area contributed by atoms with Gasteiger partial charge in [0.2, 0.25) is 0 Å². The minimum absolute atomic E-state index is 0.189. The van der Waals surface area contributed by atoms with E-state index in [1.165, 1.54) is 0 Å². The first-order valence-electron chi connectivity index (χ1n) is 9.79. The lowest BCUT2D eigenvalue weighted by Crippen LogP contribution is -2.16. The third-order valence-corrected chi connectivity index (χ3v) is 4.95. The van der Waals surface area contributed by atoms with Crippen molar-refractivity contribution in [2.24, 2.45) is 0 Å². The highest BCUT2D eigenvalue weighted by atomic mass is 16.1. The molecule has 0 saturated heterocycles. The Morgan fingerprint density at radius 2 is 1.90 bits per heavy atom. The number of rotatable bonds is 6. The van der Waals surface area contributed by atoms with E-state index in [2.05, 4.69) is 15.3 Å². The minimum Gasteiger partial charge on any atom is -0.398 e. The largest absolute Gasteiger partial charge is 0.398 e. The molecule has 0 spiro atoms. The van der Waals surface area contributed by atoms with Gasteiger partial charge in [-0.1, -0.05) is 31.6 Å². The molecule has 0 radical (unpaired) electrons. The molecule has 0 atom stereocenters. The zero-order valence-corrected chi connectivity index (χ0v) is 17.1. The number of hydrogen-bond acceptors (Lipinski definition) is 4. The number of aromatic nitrogens is 2. The van der Waals surface area contributed by atoms with Crippen molar-refractivity contribution in [2.45, 2.75) is 33.6 Å². The standard InChI is InChI=1S/C24H26N4O/c1-4-16(3)23(24(29)28-20-10-9-19(5-2)27-15-20)21-13-17(8-11-22(21)25)18-7-6-12-26-14-18/h6-15H,4-5,25H2,1-3H3,(H,28,29). The number of hydrogen-bond donors (Lipinski definition) is 2. The van der Waals surface area contributed by atoms with Crippen molar-refractivity contribution in [3.8, 4) is 11.1 Å². The van der Waals surface area contributed by atoms with E-state index in [0.29, 0.717) is 16.9 Å². The number of nitrogens with one attached hydrogen (secondary N) is 1. The number of carbonyl (C=O) groups excluding carboxylic acids is 1. The summed E-state index contributed by atoms with van der Waals surface area (Å²) in [6.45, 7) is 6.04. The molecule has 3 aromatic rings. The van der Waals surface area contributed by atoms with Crippen LogP contribution in [0.1, 0.15) is 38.4 Å². The Labute approximate surface area is 171 Å². The van der Waals surface area contributed by atoms with Gasteiger partial charge in [-0.3, -0.25) is 14.8 Å². The van der Waals surface area contributed by atoms with Gasteiger partial charge in [0, 0.05) is 40.5 Å². The number of pyridine rings is 2. The predicted molar refractivity (Wildman–Crippen MR) is 119 cm³/mol. The maximum absolute atomic E-state index is 13.2. The van der Waals surface area contributed by atoms with Gasteiger partial charge in [0.15, 0.2) is 0 Å². The van der Waals surface area contributed by atoms with E-state index in [1.807, 2.05) is 63.2 Å². The molecule has 148 valence electrons. The molecule has 29 heavy (non-hydrogen) atoms. The van der Waals surface area contributed by atoms with Crippen molar-refractivity contribution in [3.63, 3.8) is 0 Å². The lowest BCUT2D eigenvalue weighted by molar-refractivity contribution is -0.111. The molecule has 5 nitrogen and oxygen atoms in total. The number of amides is 1. The summed E-state index contributed by atoms with van der Waals surface area (Å²) >= 11 is 0. The van der Waals surface area contributed by atoms with Crippen molar-refractivity contribution in [1.29, 1.82) is 0 Å². The Balaban J connectivity index is 2.00. The van der Waals surface area contributed by atoms with Crippen LogP contribution in [0.15, 0.2) is 66.6 Å². The highest BCUT2D eigenvalue weighted by Gasteiger charge is 2.18. The quantitative estimate of drug-likeness (QED) is 0.456. The summed E-state index contributed by atoms with van der Waals surface area (Å²) < 4.78 is 0. The van der Waals surface area contributed by atoms with Gasteiger partial charge >= 0.3 is 0 Å². The van der Waals surface area contributed by atoms with E-state index >= 15 is 0 Å². The van der Waals surface area contributed by atoms with E-state index in [1.54, 1.807) is 18.6 Å². The van der Waals surface area contributed by atoms with Crippen LogP contribution >= 0.6 is 0 Å². The van der Waals surface area contributed by atoms with Crippen molar-refractivity contribution < 1.29 is 4.79 Å². The first-order chi connectivity index (χ1) is 14.0. The smallest absolute Gasteiger partial charge is 0.256 e. The number of nitrogens with zero attached hydrogens (tertiary/aromatic N) is 2. The van der Waals surface area contributed by atoms with E-state index in [-0.39, 0.29) is 5.91 Å². The van der Waals surface area contributed by atoms with Crippen molar-refractivity contribution in [2.75, 3.05) is 11.1 Å². The SMILES string of the molecule is CCC(C)=C(C(=O)Nc1ccc(CC)nc1)c1cc(-c2cccnc2)ccc1N. The monoisotopic (exact) mass is 386 g/mol. The van der Waals surface area contributed by atoms with Crippen LogP contribution in [0.5, 0.6) is 0 Å². The number of nitrogens with two attached hydrogens (primary N) is 1. The zero-order chi connectivity index (χ0) is 20.8. The minimum atomic E-state index is -0.189. The summed E-state index contributed by atoms with van der Waals surface area (Å²) in [6, 6.07) is 13.4. The third-order valence-electron chi connectivity index (χ3n) is 4.95. The van der Waals surface area contributed by atoms with Gasteiger partial charge < -0.3 is 11.1 Å². The second-order valence-corrected chi connectivity index (χ2v) is 6.90. The van der Waals surface area contributed by atoms with Crippen LogP contribution in [-0.2, 0) is 11.2 Å². The molecule has 2 aromatic heterocycles. The third kappa shape index (κ3) is 4.69. The Hall–Kier alpha value is -3.47. The number of benzene rings is 1. The Bertz CT molecular complexity index is 1020. The molecule has 3 rings (SSSR count). The number of carbonyl (C=O) groups is 1. The van der Waals surface area contributed by atoms with Crippen LogP contribution in [-0.4, -0.2) is 15.9 Å². The van der Waals surface area contributed by atoms with Crippen molar-refractivity contribution in [3.05, 3.63) is 77.9 Å². The lowest BCUT2D eigenvalue weighted by Gasteiger charge is -2.16. The molecule has 0 unspecified atom stereocenters. The van der Waals surface area contributed by atoms with E-state index in [0.717, 1.165) is 40.8 Å².